The van der Waals surface area contributed by atoms with Gasteiger partial charge in [0.1, 0.15) is 5.82 Å². The molecule has 162 valence electrons. The van der Waals surface area contributed by atoms with Crippen molar-refractivity contribution in [3.63, 3.8) is 0 Å². The fourth-order valence-electron chi connectivity index (χ4n) is 3.74. The summed E-state index contributed by atoms with van der Waals surface area (Å²) in [6.07, 6.45) is 3.33. The molecule has 1 saturated heterocycles. The Kier molecular flexibility index (Phi) is 6.16. The average Bonchev–Trinajstić information content (AvgIpc) is 3.13. The van der Waals surface area contributed by atoms with Crippen LogP contribution in [0, 0.1) is 13.8 Å². The van der Waals surface area contributed by atoms with Crippen LogP contribution in [0.5, 0.6) is 0 Å². The summed E-state index contributed by atoms with van der Waals surface area (Å²) in [5, 5.41) is 7.08. The molecule has 0 atom stereocenters. The maximum atomic E-state index is 12.9. The van der Waals surface area contributed by atoms with Crippen molar-refractivity contribution >= 4 is 17.5 Å². The monoisotopic (exact) mass is 420 g/mol. The number of urea groups is 1. The molecule has 4 rings (SSSR count). The van der Waals surface area contributed by atoms with Gasteiger partial charge in [0.2, 0.25) is 0 Å². The van der Waals surface area contributed by atoms with Crippen LogP contribution in [-0.2, 0) is 6.42 Å². The molecule has 1 aliphatic rings. The zero-order chi connectivity index (χ0) is 21.8. The van der Waals surface area contributed by atoms with Crippen LogP contribution in [-0.4, -0.2) is 52.2 Å². The van der Waals surface area contributed by atoms with Crippen molar-refractivity contribution in [2.24, 2.45) is 0 Å². The highest BCUT2D eigenvalue weighted by atomic mass is 16.5. The first kappa shape index (κ1) is 20.8. The number of anilines is 2. The number of aryl methyl sites for hydroxylation is 2. The molecule has 0 bridgehead atoms. The molecule has 0 aliphatic carbocycles. The summed E-state index contributed by atoms with van der Waals surface area (Å²) in [7, 11) is 0. The molecule has 8 heteroatoms. The van der Waals surface area contributed by atoms with Gasteiger partial charge in [-0.15, -0.1) is 0 Å². The molecular weight excluding hydrogens is 392 g/mol. The lowest BCUT2D eigenvalue weighted by atomic mass is 10.1. The van der Waals surface area contributed by atoms with Crippen LogP contribution in [0.4, 0.5) is 16.3 Å². The standard InChI is InChI=1S/C23H28N6O2/c1-4-20-26-22(31-27-20)18-9-6-11-24-21(18)28-12-7-13-29(15-14-28)23(30)25-19-10-5-8-16(2)17(19)3/h5-6,8-11H,4,7,12-15H2,1-3H3,(H,25,30). The second-order valence-corrected chi connectivity index (χ2v) is 7.75. The highest BCUT2D eigenvalue weighted by molar-refractivity contribution is 5.90. The second kappa shape index (κ2) is 9.16. The summed E-state index contributed by atoms with van der Waals surface area (Å²) in [5.74, 6) is 1.97. The first-order chi connectivity index (χ1) is 15.1. The Morgan fingerprint density at radius 1 is 1.13 bits per heavy atom. The van der Waals surface area contributed by atoms with Gasteiger partial charge in [0, 0.05) is 44.5 Å². The number of amides is 2. The molecule has 0 unspecified atom stereocenters. The van der Waals surface area contributed by atoms with Crippen LogP contribution in [0.1, 0.15) is 30.3 Å². The van der Waals surface area contributed by atoms with E-state index < -0.39 is 0 Å². The van der Waals surface area contributed by atoms with Crippen molar-refractivity contribution < 1.29 is 9.32 Å². The summed E-state index contributed by atoms with van der Waals surface area (Å²) < 4.78 is 5.45. The van der Waals surface area contributed by atoms with E-state index in [1.165, 1.54) is 0 Å². The number of benzene rings is 1. The van der Waals surface area contributed by atoms with Gasteiger partial charge < -0.3 is 19.6 Å². The number of hydrogen-bond donors (Lipinski definition) is 1. The zero-order valence-corrected chi connectivity index (χ0v) is 18.3. The lowest BCUT2D eigenvalue weighted by molar-refractivity contribution is 0.215. The Hall–Kier alpha value is -3.42. The Labute approximate surface area is 182 Å². The molecule has 1 N–H and O–H groups in total. The largest absolute Gasteiger partial charge is 0.354 e. The van der Waals surface area contributed by atoms with Gasteiger partial charge in [-0.1, -0.05) is 24.2 Å². The fraction of sp³-hybridized carbons (Fsp3) is 0.391. The maximum absolute atomic E-state index is 12.9. The van der Waals surface area contributed by atoms with E-state index in [9.17, 15) is 4.79 Å². The van der Waals surface area contributed by atoms with Crippen molar-refractivity contribution in [3.8, 4) is 11.5 Å². The van der Waals surface area contributed by atoms with Gasteiger partial charge in [-0.05, 0) is 49.6 Å². The summed E-state index contributed by atoms with van der Waals surface area (Å²) in [6.45, 7) is 8.84. The lowest BCUT2D eigenvalue weighted by Gasteiger charge is -2.24. The topological polar surface area (TPSA) is 87.4 Å². The van der Waals surface area contributed by atoms with Crippen molar-refractivity contribution in [2.75, 3.05) is 36.4 Å². The van der Waals surface area contributed by atoms with Crippen molar-refractivity contribution in [1.82, 2.24) is 20.0 Å². The number of pyridine rings is 1. The van der Waals surface area contributed by atoms with Crippen LogP contribution < -0.4 is 10.2 Å². The molecular formula is C23H28N6O2. The van der Waals surface area contributed by atoms with Crippen LogP contribution in [0.3, 0.4) is 0 Å². The molecule has 8 nitrogen and oxygen atoms in total. The van der Waals surface area contributed by atoms with Gasteiger partial charge in [-0.2, -0.15) is 4.98 Å². The van der Waals surface area contributed by atoms with Gasteiger partial charge >= 0.3 is 6.03 Å². The SMILES string of the molecule is CCc1noc(-c2cccnc2N2CCCN(C(=O)Nc3cccc(C)c3C)CC2)n1. The molecule has 0 saturated carbocycles. The van der Waals surface area contributed by atoms with Gasteiger partial charge in [-0.3, -0.25) is 0 Å². The number of rotatable bonds is 4. The lowest BCUT2D eigenvalue weighted by Crippen LogP contribution is -2.38. The van der Waals surface area contributed by atoms with E-state index in [1.54, 1.807) is 6.20 Å². The number of nitrogens with zero attached hydrogens (tertiary/aromatic N) is 5. The molecule has 0 spiro atoms. The molecule has 0 radical (unpaired) electrons. The molecule has 2 amide bonds. The Bertz CT molecular complexity index is 1060. The minimum atomic E-state index is -0.0683. The van der Waals surface area contributed by atoms with E-state index >= 15 is 0 Å². The minimum Gasteiger partial charge on any atom is -0.354 e. The minimum absolute atomic E-state index is 0.0683. The van der Waals surface area contributed by atoms with Crippen LogP contribution >= 0.6 is 0 Å². The molecule has 1 fully saturated rings. The van der Waals surface area contributed by atoms with Gasteiger partial charge in [0.05, 0.1) is 5.56 Å². The number of carbonyl (C=O) groups is 1. The molecule has 3 heterocycles. The second-order valence-electron chi connectivity index (χ2n) is 7.75. The van der Waals surface area contributed by atoms with Crippen LogP contribution in [0.25, 0.3) is 11.5 Å². The number of nitrogens with one attached hydrogen (secondary N) is 1. The van der Waals surface area contributed by atoms with Crippen molar-refractivity contribution in [3.05, 3.63) is 53.5 Å². The van der Waals surface area contributed by atoms with E-state index in [4.69, 9.17) is 4.52 Å². The van der Waals surface area contributed by atoms with E-state index in [0.717, 1.165) is 41.2 Å². The third-order valence-electron chi connectivity index (χ3n) is 5.73. The summed E-state index contributed by atoms with van der Waals surface area (Å²) in [4.78, 5) is 26.0. The van der Waals surface area contributed by atoms with Crippen molar-refractivity contribution in [1.29, 1.82) is 0 Å². The van der Waals surface area contributed by atoms with E-state index in [1.807, 2.05) is 56.0 Å². The smallest absolute Gasteiger partial charge is 0.321 e. The molecule has 1 aliphatic heterocycles. The Balaban J connectivity index is 1.47. The van der Waals surface area contributed by atoms with E-state index in [0.29, 0.717) is 37.8 Å². The van der Waals surface area contributed by atoms with E-state index in [-0.39, 0.29) is 6.03 Å². The summed E-state index contributed by atoms with van der Waals surface area (Å²) in [6, 6.07) is 9.71. The highest BCUT2D eigenvalue weighted by Crippen LogP contribution is 2.28. The van der Waals surface area contributed by atoms with Crippen LogP contribution in [0.2, 0.25) is 0 Å². The zero-order valence-electron chi connectivity index (χ0n) is 18.3. The van der Waals surface area contributed by atoms with E-state index in [2.05, 4.69) is 25.3 Å². The molecule has 31 heavy (non-hydrogen) atoms. The average molecular weight is 421 g/mol. The normalized spacial score (nSPS) is 14.4. The summed E-state index contributed by atoms with van der Waals surface area (Å²) >= 11 is 0. The highest BCUT2D eigenvalue weighted by Gasteiger charge is 2.23. The molecule has 1 aromatic carbocycles. The third-order valence-corrected chi connectivity index (χ3v) is 5.73. The molecule has 3 aromatic rings. The predicted molar refractivity (Wildman–Crippen MR) is 120 cm³/mol. The first-order valence-electron chi connectivity index (χ1n) is 10.7. The number of hydrogen-bond acceptors (Lipinski definition) is 6. The first-order valence-corrected chi connectivity index (χ1v) is 10.7. The van der Waals surface area contributed by atoms with Gasteiger partial charge in [0.25, 0.3) is 5.89 Å². The molecule has 2 aromatic heterocycles. The third kappa shape index (κ3) is 4.52. The quantitative estimate of drug-likeness (QED) is 0.685. The van der Waals surface area contributed by atoms with Gasteiger partial charge in [0.15, 0.2) is 5.82 Å². The number of carbonyl (C=O) groups excluding carboxylic acids is 1. The maximum Gasteiger partial charge on any atom is 0.321 e. The van der Waals surface area contributed by atoms with Crippen molar-refractivity contribution in [2.45, 2.75) is 33.6 Å². The predicted octanol–water partition coefficient (Wildman–Crippen LogP) is 4.06. The van der Waals surface area contributed by atoms with Gasteiger partial charge in [-0.25, -0.2) is 9.78 Å². The Morgan fingerprint density at radius 3 is 2.81 bits per heavy atom. The fourth-order valence-corrected chi connectivity index (χ4v) is 3.74. The Morgan fingerprint density at radius 2 is 2.00 bits per heavy atom. The summed E-state index contributed by atoms with van der Waals surface area (Å²) in [5.41, 5.74) is 3.94. The number of aromatic nitrogens is 3. The van der Waals surface area contributed by atoms with Crippen LogP contribution in [0.15, 0.2) is 41.1 Å².